The molecule has 1 atom stereocenters. The Kier molecular flexibility index (Phi) is 4.61. The summed E-state index contributed by atoms with van der Waals surface area (Å²) < 4.78 is 0. The molecule has 0 saturated carbocycles. The van der Waals surface area contributed by atoms with Gasteiger partial charge >= 0.3 is 0 Å². The molecule has 13 heavy (non-hydrogen) atoms. The predicted molar refractivity (Wildman–Crippen MR) is 59.4 cm³/mol. The number of benzene rings is 1. The van der Waals surface area contributed by atoms with E-state index >= 15 is 0 Å². The molecule has 0 aromatic heterocycles. The highest BCUT2D eigenvalue weighted by Gasteiger charge is 2.10. The van der Waals surface area contributed by atoms with Crippen LogP contribution in [-0.4, -0.2) is 4.84 Å². The number of aryl methyl sites for hydroxylation is 1. The number of hydrogen-bond acceptors (Lipinski definition) is 0. The number of hydrogen-bond donors (Lipinski definition) is 0. The van der Waals surface area contributed by atoms with Crippen molar-refractivity contribution >= 4 is 23.2 Å². The smallest absolute Gasteiger partial charge is 0.105 e. The molecule has 0 aliphatic carbocycles. The molecule has 2 heteroatoms. The van der Waals surface area contributed by atoms with E-state index in [1.807, 2.05) is 6.07 Å². The van der Waals surface area contributed by atoms with Crippen LogP contribution in [0.2, 0.25) is 0 Å². The van der Waals surface area contributed by atoms with Crippen LogP contribution in [0.1, 0.15) is 18.9 Å². The van der Waals surface area contributed by atoms with E-state index in [2.05, 4.69) is 31.2 Å². The maximum atomic E-state index is 5.76. The van der Waals surface area contributed by atoms with Gasteiger partial charge in [-0.3, -0.25) is 0 Å². The molecule has 1 aromatic rings. The summed E-state index contributed by atoms with van der Waals surface area (Å²) in [7, 11) is 0. The highest BCUT2D eigenvalue weighted by Crippen LogP contribution is 2.19. The Labute approximate surface area is 89.9 Å². The molecule has 1 aromatic carbocycles. The fourth-order valence-electron chi connectivity index (χ4n) is 1.17. The first-order valence-corrected chi connectivity index (χ1v) is 5.39. The van der Waals surface area contributed by atoms with E-state index in [1.54, 1.807) is 0 Å². The predicted octanol–water partition coefficient (Wildman–Crippen LogP) is 4.06. The van der Waals surface area contributed by atoms with Gasteiger partial charge in [-0.05, 0) is 24.3 Å². The van der Waals surface area contributed by atoms with Crippen LogP contribution in [0.15, 0.2) is 30.3 Å². The van der Waals surface area contributed by atoms with E-state index in [9.17, 15) is 0 Å². The van der Waals surface area contributed by atoms with Crippen LogP contribution in [0.3, 0.4) is 0 Å². The molecular formula is C11H14Cl2. The van der Waals surface area contributed by atoms with E-state index in [0.29, 0.717) is 5.92 Å². The van der Waals surface area contributed by atoms with Crippen molar-refractivity contribution in [2.45, 2.75) is 24.6 Å². The second-order valence-electron chi connectivity index (χ2n) is 3.34. The summed E-state index contributed by atoms with van der Waals surface area (Å²) in [6, 6.07) is 10.4. The van der Waals surface area contributed by atoms with Gasteiger partial charge in [0.15, 0.2) is 0 Å². The van der Waals surface area contributed by atoms with E-state index in [1.165, 1.54) is 5.56 Å². The quantitative estimate of drug-likeness (QED) is 0.667. The van der Waals surface area contributed by atoms with E-state index in [0.717, 1.165) is 12.8 Å². The van der Waals surface area contributed by atoms with Gasteiger partial charge in [0.25, 0.3) is 0 Å². The summed E-state index contributed by atoms with van der Waals surface area (Å²) in [6.07, 6.45) is 2.10. The van der Waals surface area contributed by atoms with Crippen molar-refractivity contribution in [2.24, 2.45) is 5.92 Å². The lowest BCUT2D eigenvalue weighted by Gasteiger charge is -2.11. The molecular weight excluding hydrogens is 203 g/mol. The molecule has 0 amide bonds. The summed E-state index contributed by atoms with van der Waals surface area (Å²) in [5, 5.41) is 0. The van der Waals surface area contributed by atoms with Crippen molar-refractivity contribution < 1.29 is 0 Å². The first-order chi connectivity index (χ1) is 6.20. The summed E-state index contributed by atoms with van der Waals surface area (Å²) in [6.45, 7) is 2.08. The monoisotopic (exact) mass is 216 g/mol. The van der Waals surface area contributed by atoms with Crippen LogP contribution < -0.4 is 0 Å². The van der Waals surface area contributed by atoms with Crippen LogP contribution in [-0.2, 0) is 6.42 Å². The minimum absolute atomic E-state index is 0.247. The van der Waals surface area contributed by atoms with Crippen LogP contribution in [0.5, 0.6) is 0 Å². The lowest BCUT2D eigenvalue weighted by molar-refractivity contribution is 0.569. The van der Waals surface area contributed by atoms with Crippen LogP contribution >= 0.6 is 23.2 Å². The van der Waals surface area contributed by atoms with Crippen molar-refractivity contribution in [1.82, 2.24) is 0 Å². The normalized spacial score (nSPS) is 13.2. The van der Waals surface area contributed by atoms with E-state index in [4.69, 9.17) is 23.2 Å². The third kappa shape index (κ3) is 4.02. The van der Waals surface area contributed by atoms with Gasteiger partial charge in [0.05, 0.1) is 0 Å². The highest BCUT2D eigenvalue weighted by molar-refractivity contribution is 6.44. The maximum Gasteiger partial charge on any atom is 0.110 e. The lowest BCUT2D eigenvalue weighted by atomic mass is 10.0. The number of halogens is 2. The Morgan fingerprint density at radius 3 is 2.31 bits per heavy atom. The third-order valence-corrected chi connectivity index (χ3v) is 3.02. The van der Waals surface area contributed by atoms with Gasteiger partial charge in [-0.1, -0.05) is 37.3 Å². The Morgan fingerprint density at radius 2 is 1.77 bits per heavy atom. The van der Waals surface area contributed by atoms with Gasteiger partial charge in [-0.25, -0.2) is 0 Å². The summed E-state index contributed by atoms with van der Waals surface area (Å²) in [5.74, 6) is 0.364. The Hall–Kier alpha value is -0.200. The van der Waals surface area contributed by atoms with Crippen molar-refractivity contribution in [1.29, 1.82) is 0 Å². The SMILES string of the molecule is CC(CCc1ccccc1)C(Cl)Cl. The molecule has 0 fully saturated rings. The summed E-state index contributed by atoms with van der Waals surface area (Å²) in [5.41, 5.74) is 1.35. The summed E-state index contributed by atoms with van der Waals surface area (Å²) >= 11 is 11.5. The van der Waals surface area contributed by atoms with Crippen molar-refractivity contribution in [3.63, 3.8) is 0 Å². The van der Waals surface area contributed by atoms with E-state index in [-0.39, 0.29) is 4.84 Å². The fraction of sp³-hybridized carbons (Fsp3) is 0.455. The van der Waals surface area contributed by atoms with Crippen LogP contribution in [0, 0.1) is 5.92 Å². The zero-order chi connectivity index (χ0) is 9.68. The Balaban J connectivity index is 2.35. The molecule has 0 heterocycles. The molecule has 0 bridgehead atoms. The van der Waals surface area contributed by atoms with Gasteiger partial charge in [0.2, 0.25) is 0 Å². The molecule has 0 saturated heterocycles. The van der Waals surface area contributed by atoms with Gasteiger partial charge < -0.3 is 0 Å². The molecule has 0 nitrogen and oxygen atoms in total. The molecule has 0 spiro atoms. The van der Waals surface area contributed by atoms with Crippen molar-refractivity contribution in [3.05, 3.63) is 35.9 Å². The molecule has 0 radical (unpaired) electrons. The minimum atomic E-state index is -0.247. The van der Waals surface area contributed by atoms with Crippen molar-refractivity contribution in [3.8, 4) is 0 Å². The maximum absolute atomic E-state index is 5.76. The number of rotatable bonds is 4. The summed E-state index contributed by atoms with van der Waals surface area (Å²) in [4.78, 5) is -0.247. The fourth-order valence-corrected chi connectivity index (χ4v) is 1.42. The Morgan fingerprint density at radius 1 is 1.15 bits per heavy atom. The lowest BCUT2D eigenvalue weighted by Crippen LogP contribution is -2.05. The molecule has 1 rings (SSSR count). The standard InChI is InChI=1S/C11H14Cl2/c1-9(11(12)13)7-8-10-5-3-2-4-6-10/h2-6,9,11H,7-8H2,1H3. The molecule has 72 valence electrons. The van der Waals surface area contributed by atoms with Gasteiger partial charge in [0.1, 0.15) is 4.84 Å². The van der Waals surface area contributed by atoms with E-state index < -0.39 is 0 Å². The highest BCUT2D eigenvalue weighted by atomic mass is 35.5. The average Bonchev–Trinajstić information content (AvgIpc) is 2.15. The molecule has 0 aliphatic heterocycles. The van der Waals surface area contributed by atoms with Crippen molar-refractivity contribution in [2.75, 3.05) is 0 Å². The first kappa shape index (κ1) is 10.9. The second kappa shape index (κ2) is 5.51. The van der Waals surface area contributed by atoms with Crippen LogP contribution in [0.25, 0.3) is 0 Å². The minimum Gasteiger partial charge on any atom is -0.105 e. The second-order valence-corrected chi connectivity index (χ2v) is 4.50. The zero-order valence-electron chi connectivity index (χ0n) is 7.71. The molecule has 0 N–H and O–H groups in total. The topological polar surface area (TPSA) is 0 Å². The van der Waals surface area contributed by atoms with Crippen LogP contribution in [0.4, 0.5) is 0 Å². The largest absolute Gasteiger partial charge is 0.110 e. The first-order valence-electron chi connectivity index (χ1n) is 4.52. The Bertz CT molecular complexity index is 231. The van der Waals surface area contributed by atoms with Gasteiger partial charge in [0, 0.05) is 0 Å². The number of alkyl halides is 2. The van der Waals surface area contributed by atoms with Gasteiger partial charge in [-0.15, -0.1) is 23.2 Å². The molecule has 1 unspecified atom stereocenters. The zero-order valence-corrected chi connectivity index (χ0v) is 9.22. The third-order valence-electron chi connectivity index (χ3n) is 2.16. The molecule has 0 aliphatic rings. The average molecular weight is 217 g/mol. The van der Waals surface area contributed by atoms with Gasteiger partial charge in [-0.2, -0.15) is 0 Å².